The monoisotopic (exact) mass is 406 g/mol. The van der Waals surface area contributed by atoms with E-state index in [-0.39, 0.29) is 12.3 Å². The summed E-state index contributed by atoms with van der Waals surface area (Å²) >= 11 is 0. The third-order valence-corrected chi connectivity index (χ3v) is 4.44. The van der Waals surface area contributed by atoms with Crippen LogP contribution in [0.15, 0.2) is 41.4 Å². The number of benzene rings is 2. The van der Waals surface area contributed by atoms with E-state index in [2.05, 4.69) is 50.4 Å². The van der Waals surface area contributed by atoms with Crippen molar-refractivity contribution in [1.82, 2.24) is 10.6 Å². The lowest BCUT2D eigenvalue weighted by Crippen LogP contribution is -2.36. The van der Waals surface area contributed by atoms with E-state index in [1.54, 1.807) is 19.2 Å². The fourth-order valence-electron chi connectivity index (χ4n) is 2.77. The summed E-state index contributed by atoms with van der Waals surface area (Å²) in [6.45, 7) is -0.00716. The number of nitrogens with one attached hydrogen (secondary N) is 2. The first-order valence-corrected chi connectivity index (χ1v) is 9.17. The minimum Gasteiger partial charge on any atom is -0.497 e. The van der Waals surface area contributed by atoms with E-state index in [0.29, 0.717) is 23.8 Å². The highest BCUT2D eigenvalue weighted by molar-refractivity contribution is 5.79. The second kappa shape index (κ2) is 10.5. The molecule has 2 rings (SSSR count). The molecule has 2 aromatic rings. The number of ether oxygens (including phenoxy) is 2. The van der Waals surface area contributed by atoms with Crippen LogP contribution in [0.2, 0.25) is 0 Å². The first kappa shape index (κ1) is 22.3. The minimum atomic E-state index is -2.90. The second-order valence-electron chi connectivity index (χ2n) is 6.64. The summed E-state index contributed by atoms with van der Waals surface area (Å²) in [6, 6.07) is 11.0. The normalized spacial score (nSPS) is 11.4. The molecule has 0 aromatic heterocycles. The Morgan fingerprint density at radius 1 is 1.07 bits per heavy atom. The van der Waals surface area contributed by atoms with E-state index < -0.39 is 6.61 Å². The quantitative estimate of drug-likeness (QED) is 0.519. The predicted molar refractivity (Wildman–Crippen MR) is 112 cm³/mol. The van der Waals surface area contributed by atoms with Crippen LogP contribution in [0.4, 0.5) is 14.5 Å². The van der Waals surface area contributed by atoms with Gasteiger partial charge in [0.25, 0.3) is 0 Å². The number of hydrogen-bond acceptors (Lipinski definition) is 4. The fraction of sp³-hybridized carbons (Fsp3) is 0.381. The zero-order chi connectivity index (χ0) is 21.4. The molecule has 29 heavy (non-hydrogen) atoms. The maximum Gasteiger partial charge on any atom is 0.387 e. The third-order valence-electron chi connectivity index (χ3n) is 4.44. The molecule has 0 radical (unpaired) electrons. The Kier molecular flexibility index (Phi) is 8.06. The molecule has 0 aliphatic carbocycles. The van der Waals surface area contributed by atoms with Gasteiger partial charge in [-0.1, -0.05) is 6.07 Å². The standard InChI is InChI=1S/C21H28F2N4O2/c1-14-10-17(27(3)4)7-6-15(14)12-25-21(24-2)26-13-16-11-18(28-5)8-9-19(16)29-20(22)23/h6-11,20H,12-13H2,1-5H3,(H2,24,25,26). The summed E-state index contributed by atoms with van der Waals surface area (Å²) in [5.41, 5.74) is 3.98. The van der Waals surface area contributed by atoms with Gasteiger partial charge < -0.3 is 25.0 Å². The maximum atomic E-state index is 12.7. The van der Waals surface area contributed by atoms with E-state index in [0.717, 1.165) is 11.3 Å². The number of methoxy groups -OCH3 is 1. The largest absolute Gasteiger partial charge is 0.497 e. The van der Waals surface area contributed by atoms with Crippen molar-refractivity contribution in [2.45, 2.75) is 26.6 Å². The van der Waals surface area contributed by atoms with Gasteiger partial charge in [-0.05, 0) is 48.4 Å². The first-order chi connectivity index (χ1) is 13.8. The van der Waals surface area contributed by atoms with Gasteiger partial charge in [0.1, 0.15) is 11.5 Å². The lowest BCUT2D eigenvalue weighted by Gasteiger charge is -2.17. The molecule has 0 aliphatic rings. The summed E-state index contributed by atoms with van der Waals surface area (Å²) < 4.78 is 35.1. The lowest BCUT2D eigenvalue weighted by atomic mass is 10.1. The highest BCUT2D eigenvalue weighted by Crippen LogP contribution is 2.25. The van der Waals surface area contributed by atoms with Gasteiger partial charge >= 0.3 is 6.61 Å². The number of aliphatic imine (C=N–C) groups is 1. The second-order valence-corrected chi connectivity index (χ2v) is 6.64. The number of halogens is 2. The molecule has 2 aromatic carbocycles. The minimum absolute atomic E-state index is 0.0962. The summed E-state index contributed by atoms with van der Waals surface area (Å²) in [6.07, 6.45) is 0. The Labute approximate surface area is 170 Å². The van der Waals surface area contributed by atoms with Crippen LogP contribution in [0, 0.1) is 6.92 Å². The molecule has 0 bridgehead atoms. The first-order valence-electron chi connectivity index (χ1n) is 9.17. The summed E-state index contributed by atoms with van der Waals surface area (Å²) in [5, 5.41) is 6.36. The molecule has 6 nitrogen and oxygen atoms in total. The summed E-state index contributed by atoms with van der Waals surface area (Å²) in [4.78, 5) is 6.25. The molecular formula is C21H28F2N4O2. The number of hydrogen-bond donors (Lipinski definition) is 2. The molecular weight excluding hydrogens is 378 g/mol. The highest BCUT2D eigenvalue weighted by Gasteiger charge is 2.12. The Morgan fingerprint density at radius 3 is 2.31 bits per heavy atom. The topological polar surface area (TPSA) is 58.1 Å². The van der Waals surface area contributed by atoms with E-state index in [4.69, 9.17) is 4.74 Å². The van der Waals surface area contributed by atoms with Crippen molar-refractivity contribution in [3.63, 3.8) is 0 Å². The SMILES string of the molecule is CN=C(NCc1ccc(N(C)C)cc1C)NCc1cc(OC)ccc1OC(F)F. The van der Waals surface area contributed by atoms with Crippen molar-refractivity contribution in [3.05, 3.63) is 53.1 Å². The highest BCUT2D eigenvalue weighted by atomic mass is 19.3. The van der Waals surface area contributed by atoms with Crippen LogP contribution in [0.3, 0.4) is 0 Å². The number of aryl methyl sites for hydroxylation is 1. The molecule has 0 fully saturated rings. The van der Waals surface area contributed by atoms with Crippen molar-refractivity contribution in [1.29, 1.82) is 0 Å². The van der Waals surface area contributed by atoms with E-state index in [1.165, 1.54) is 18.7 Å². The van der Waals surface area contributed by atoms with Gasteiger partial charge in [-0.2, -0.15) is 8.78 Å². The van der Waals surface area contributed by atoms with Crippen molar-refractivity contribution in [2.24, 2.45) is 4.99 Å². The Hall–Kier alpha value is -3.03. The van der Waals surface area contributed by atoms with Crippen molar-refractivity contribution >= 4 is 11.6 Å². The van der Waals surface area contributed by atoms with E-state index >= 15 is 0 Å². The molecule has 2 N–H and O–H groups in total. The molecule has 0 saturated heterocycles. The van der Waals surface area contributed by atoms with Crippen LogP contribution in [0.5, 0.6) is 11.5 Å². The van der Waals surface area contributed by atoms with Crippen LogP contribution in [-0.4, -0.2) is 40.8 Å². The number of nitrogens with zero attached hydrogens (tertiary/aromatic N) is 2. The zero-order valence-electron chi connectivity index (χ0n) is 17.4. The van der Waals surface area contributed by atoms with Crippen molar-refractivity contribution < 1.29 is 18.3 Å². The summed E-state index contributed by atoms with van der Waals surface area (Å²) in [5.74, 6) is 1.20. The predicted octanol–water partition coefficient (Wildman–Crippen LogP) is 3.54. The molecule has 0 saturated carbocycles. The number of guanidine groups is 1. The maximum absolute atomic E-state index is 12.7. The lowest BCUT2D eigenvalue weighted by molar-refractivity contribution is -0.0504. The zero-order valence-corrected chi connectivity index (χ0v) is 17.4. The van der Waals surface area contributed by atoms with Crippen LogP contribution in [0.25, 0.3) is 0 Å². The Bertz CT molecular complexity index is 841. The molecule has 0 amide bonds. The number of alkyl halides is 2. The van der Waals surface area contributed by atoms with Crippen molar-refractivity contribution in [2.75, 3.05) is 33.2 Å². The molecule has 0 unspecified atom stereocenters. The molecule has 0 aliphatic heterocycles. The molecule has 8 heteroatoms. The number of rotatable bonds is 8. The van der Waals surface area contributed by atoms with Gasteiger partial charge in [0.2, 0.25) is 0 Å². The molecule has 0 spiro atoms. The van der Waals surface area contributed by atoms with Gasteiger partial charge in [-0.25, -0.2) is 0 Å². The average Bonchev–Trinajstić information content (AvgIpc) is 2.69. The average molecular weight is 406 g/mol. The van der Waals surface area contributed by atoms with Gasteiger partial charge in [-0.3, -0.25) is 4.99 Å². The smallest absolute Gasteiger partial charge is 0.387 e. The van der Waals surface area contributed by atoms with E-state index in [1.807, 2.05) is 14.1 Å². The van der Waals surface area contributed by atoms with Gasteiger partial charge in [0.05, 0.1) is 7.11 Å². The van der Waals surface area contributed by atoms with Crippen LogP contribution >= 0.6 is 0 Å². The van der Waals surface area contributed by atoms with Crippen molar-refractivity contribution in [3.8, 4) is 11.5 Å². The van der Waals surface area contributed by atoms with Crippen LogP contribution in [-0.2, 0) is 13.1 Å². The molecule has 158 valence electrons. The van der Waals surface area contributed by atoms with E-state index in [9.17, 15) is 8.78 Å². The summed E-state index contributed by atoms with van der Waals surface area (Å²) in [7, 11) is 7.18. The fourth-order valence-corrected chi connectivity index (χ4v) is 2.77. The molecule has 0 atom stereocenters. The van der Waals surface area contributed by atoms with Crippen LogP contribution < -0.4 is 25.0 Å². The molecule has 0 heterocycles. The van der Waals surface area contributed by atoms with Gasteiger partial charge in [0, 0.05) is 45.5 Å². The van der Waals surface area contributed by atoms with Gasteiger partial charge in [0.15, 0.2) is 5.96 Å². The van der Waals surface area contributed by atoms with Gasteiger partial charge in [-0.15, -0.1) is 0 Å². The number of anilines is 1. The Balaban J connectivity index is 2.02. The Morgan fingerprint density at radius 2 is 1.76 bits per heavy atom. The van der Waals surface area contributed by atoms with Crippen LogP contribution in [0.1, 0.15) is 16.7 Å². The third kappa shape index (κ3) is 6.51.